The van der Waals surface area contributed by atoms with Gasteiger partial charge in [-0.05, 0) is 18.8 Å². The summed E-state index contributed by atoms with van der Waals surface area (Å²) < 4.78 is 0. The van der Waals surface area contributed by atoms with Gasteiger partial charge in [-0.25, -0.2) is 0 Å². The van der Waals surface area contributed by atoms with Crippen LogP contribution in [0.25, 0.3) is 0 Å². The van der Waals surface area contributed by atoms with Crippen molar-refractivity contribution in [2.75, 3.05) is 0 Å². The Balaban J connectivity index is 2.17. The number of nitrogens with one attached hydrogen (secondary N) is 1. The normalized spacial score (nSPS) is 48.6. The lowest BCUT2D eigenvalue weighted by Gasteiger charge is -2.40. The Morgan fingerprint density at radius 1 is 1.50 bits per heavy atom. The monoisotopic (exact) mass is 219 g/mol. The number of imide groups is 1. The Morgan fingerprint density at radius 2 is 2.25 bits per heavy atom. The highest BCUT2D eigenvalue weighted by molar-refractivity contribution is 6.09. The van der Waals surface area contributed by atoms with Gasteiger partial charge in [-0.2, -0.15) is 0 Å². The Morgan fingerprint density at radius 3 is 2.94 bits per heavy atom. The molecule has 0 aromatic carbocycles. The van der Waals surface area contributed by atoms with Gasteiger partial charge < -0.3 is 0 Å². The summed E-state index contributed by atoms with van der Waals surface area (Å²) in [5.74, 6) is 0.105. The molecule has 0 aromatic rings. The van der Waals surface area contributed by atoms with Crippen molar-refractivity contribution < 1.29 is 9.59 Å². The van der Waals surface area contributed by atoms with Crippen LogP contribution < -0.4 is 5.32 Å². The molecule has 2 fully saturated rings. The zero-order chi connectivity index (χ0) is 11.6. The van der Waals surface area contributed by atoms with E-state index in [1.807, 2.05) is 0 Å². The van der Waals surface area contributed by atoms with Crippen molar-refractivity contribution >= 4 is 11.8 Å². The molecule has 1 N–H and O–H groups in total. The minimum atomic E-state index is -0.446. The maximum Gasteiger partial charge on any atom is 0.234 e. The van der Waals surface area contributed by atoms with E-state index in [0.717, 1.165) is 19.3 Å². The first kappa shape index (κ1) is 10.1. The molecule has 3 aliphatic rings. The zero-order valence-electron chi connectivity index (χ0n) is 9.75. The fourth-order valence-corrected chi connectivity index (χ4v) is 4.31. The van der Waals surface area contributed by atoms with E-state index in [1.54, 1.807) is 0 Å². The third-order valence-corrected chi connectivity index (χ3v) is 4.92. The van der Waals surface area contributed by atoms with Crippen LogP contribution in [0.3, 0.4) is 0 Å². The molecule has 3 heteroatoms. The van der Waals surface area contributed by atoms with Crippen LogP contribution in [0.5, 0.6) is 0 Å². The predicted molar refractivity (Wildman–Crippen MR) is 59.3 cm³/mol. The molecule has 1 saturated carbocycles. The summed E-state index contributed by atoms with van der Waals surface area (Å²) in [4.78, 5) is 24.1. The molecule has 86 valence electrons. The van der Waals surface area contributed by atoms with E-state index < -0.39 is 5.41 Å². The Kier molecular flexibility index (Phi) is 1.74. The lowest BCUT2D eigenvalue weighted by Crippen LogP contribution is -2.44. The highest BCUT2D eigenvalue weighted by Crippen LogP contribution is 2.67. The number of allylic oxidation sites excluding steroid dienone is 2. The van der Waals surface area contributed by atoms with Crippen molar-refractivity contribution in [1.29, 1.82) is 0 Å². The second kappa shape index (κ2) is 2.76. The zero-order valence-corrected chi connectivity index (χ0v) is 9.75. The van der Waals surface area contributed by atoms with Gasteiger partial charge in [-0.15, -0.1) is 0 Å². The number of fused-ring (bicyclic) bond motifs is 5. The largest absolute Gasteiger partial charge is 0.296 e. The van der Waals surface area contributed by atoms with Gasteiger partial charge in [0.2, 0.25) is 11.8 Å². The fraction of sp³-hybridized carbons (Fsp3) is 0.692. The minimum Gasteiger partial charge on any atom is -0.296 e. The van der Waals surface area contributed by atoms with E-state index >= 15 is 0 Å². The third kappa shape index (κ3) is 0.827. The van der Waals surface area contributed by atoms with Crippen LogP contribution in [-0.2, 0) is 9.59 Å². The van der Waals surface area contributed by atoms with Gasteiger partial charge in [0.25, 0.3) is 0 Å². The molecule has 0 aromatic heterocycles. The Labute approximate surface area is 95.3 Å². The second-order valence-corrected chi connectivity index (χ2v) is 5.66. The molecule has 0 spiro atoms. The first-order chi connectivity index (χ1) is 7.55. The topological polar surface area (TPSA) is 46.2 Å². The molecule has 4 unspecified atom stereocenters. The van der Waals surface area contributed by atoms with Crippen molar-refractivity contribution in [2.45, 2.75) is 33.1 Å². The van der Waals surface area contributed by atoms with Gasteiger partial charge in [0, 0.05) is 5.41 Å². The lowest BCUT2D eigenvalue weighted by molar-refractivity contribution is -0.133. The van der Waals surface area contributed by atoms with E-state index in [1.165, 1.54) is 0 Å². The summed E-state index contributed by atoms with van der Waals surface area (Å²) in [5.41, 5.74) is -0.549. The number of amides is 2. The molecule has 1 saturated heterocycles. The molecular formula is C13H17NO2. The number of carbonyl (C=O) groups excluding carboxylic acids is 2. The number of rotatable bonds is 2. The average Bonchev–Trinajstić information content (AvgIpc) is 2.77. The molecule has 2 bridgehead atoms. The van der Waals surface area contributed by atoms with Crippen LogP contribution in [-0.4, -0.2) is 11.8 Å². The van der Waals surface area contributed by atoms with Gasteiger partial charge in [-0.3, -0.25) is 14.9 Å². The van der Waals surface area contributed by atoms with Crippen molar-refractivity contribution in [2.24, 2.45) is 22.7 Å². The first-order valence-corrected chi connectivity index (χ1v) is 6.10. The summed E-state index contributed by atoms with van der Waals surface area (Å²) in [6.07, 6.45) is 7.05. The average molecular weight is 219 g/mol. The molecular weight excluding hydrogens is 202 g/mol. The summed E-state index contributed by atoms with van der Waals surface area (Å²) in [5, 5.41) is 2.55. The highest BCUT2D eigenvalue weighted by atomic mass is 16.2. The number of hydrogen-bond donors (Lipinski definition) is 1. The van der Waals surface area contributed by atoms with E-state index in [-0.39, 0.29) is 29.1 Å². The van der Waals surface area contributed by atoms with E-state index in [4.69, 9.17) is 0 Å². The summed E-state index contributed by atoms with van der Waals surface area (Å²) in [7, 11) is 0. The summed E-state index contributed by atoms with van der Waals surface area (Å²) in [6, 6.07) is 0. The molecule has 2 amide bonds. The minimum absolute atomic E-state index is 0.0290. The van der Waals surface area contributed by atoms with Gasteiger partial charge in [0.1, 0.15) is 0 Å². The highest BCUT2D eigenvalue weighted by Gasteiger charge is 2.71. The SMILES string of the molecule is CCCC12C(=O)NC(=O)C1C1C=CC2(C)C1. The molecule has 2 aliphatic carbocycles. The van der Waals surface area contributed by atoms with Crippen molar-refractivity contribution in [3.05, 3.63) is 12.2 Å². The van der Waals surface area contributed by atoms with Crippen LogP contribution in [0.2, 0.25) is 0 Å². The number of hydrogen-bond acceptors (Lipinski definition) is 2. The molecule has 0 radical (unpaired) electrons. The summed E-state index contributed by atoms with van der Waals surface area (Å²) >= 11 is 0. The quantitative estimate of drug-likeness (QED) is 0.567. The van der Waals surface area contributed by atoms with Gasteiger partial charge in [0.15, 0.2) is 0 Å². The van der Waals surface area contributed by atoms with E-state index in [9.17, 15) is 9.59 Å². The molecule has 16 heavy (non-hydrogen) atoms. The van der Waals surface area contributed by atoms with Crippen molar-refractivity contribution in [3.63, 3.8) is 0 Å². The maximum atomic E-state index is 12.2. The molecule has 3 nitrogen and oxygen atoms in total. The molecule has 4 atom stereocenters. The number of carbonyl (C=O) groups is 2. The Bertz CT molecular complexity index is 414. The molecule has 1 aliphatic heterocycles. The molecule has 3 rings (SSSR count). The maximum absolute atomic E-state index is 12.2. The Hall–Kier alpha value is -1.12. The van der Waals surface area contributed by atoms with Crippen LogP contribution in [0.15, 0.2) is 12.2 Å². The fourth-order valence-electron chi connectivity index (χ4n) is 4.31. The molecule has 1 heterocycles. The first-order valence-electron chi connectivity index (χ1n) is 6.10. The lowest BCUT2D eigenvalue weighted by atomic mass is 9.60. The standard InChI is InChI=1S/C13H17NO2/c1-3-5-13-9(10(15)14-11(13)16)8-4-6-12(13,2)7-8/h4,6,8-9H,3,5,7H2,1-2H3,(H,14,15,16). The van der Waals surface area contributed by atoms with Gasteiger partial charge in [-0.1, -0.05) is 32.4 Å². The van der Waals surface area contributed by atoms with Gasteiger partial charge in [0.05, 0.1) is 11.3 Å². The van der Waals surface area contributed by atoms with Gasteiger partial charge >= 0.3 is 0 Å². The van der Waals surface area contributed by atoms with Crippen molar-refractivity contribution in [3.8, 4) is 0 Å². The van der Waals surface area contributed by atoms with E-state index in [2.05, 4.69) is 31.3 Å². The van der Waals surface area contributed by atoms with Crippen LogP contribution in [0, 0.1) is 22.7 Å². The summed E-state index contributed by atoms with van der Waals surface area (Å²) in [6.45, 7) is 4.22. The van der Waals surface area contributed by atoms with Crippen molar-refractivity contribution in [1.82, 2.24) is 5.32 Å². The van der Waals surface area contributed by atoms with Crippen LogP contribution in [0.4, 0.5) is 0 Å². The predicted octanol–water partition coefficient (Wildman–Crippen LogP) is 1.64. The third-order valence-electron chi connectivity index (χ3n) is 4.92. The van der Waals surface area contributed by atoms with Crippen LogP contribution in [0.1, 0.15) is 33.1 Å². The van der Waals surface area contributed by atoms with Crippen LogP contribution >= 0.6 is 0 Å². The second-order valence-electron chi connectivity index (χ2n) is 5.66. The van der Waals surface area contributed by atoms with E-state index in [0.29, 0.717) is 0 Å². The smallest absolute Gasteiger partial charge is 0.234 e.